The molecule has 2 rings (SSSR count). The Bertz CT molecular complexity index is 377. The van der Waals surface area contributed by atoms with Gasteiger partial charge in [0, 0.05) is 39.0 Å². The molecule has 0 bridgehead atoms. The molecule has 1 saturated heterocycles. The van der Waals surface area contributed by atoms with Crippen molar-refractivity contribution in [3.63, 3.8) is 0 Å². The van der Waals surface area contributed by atoms with Crippen molar-refractivity contribution in [2.24, 2.45) is 0 Å². The summed E-state index contributed by atoms with van der Waals surface area (Å²) >= 11 is 0. The molecule has 1 aromatic rings. The third-order valence-electron chi connectivity index (χ3n) is 3.10. The van der Waals surface area contributed by atoms with Gasteiger partial charge in [-0.3, -0.25) is 14.7 Å². The molecule has 0 radical (unpaired) electrons. The maximum atomic E-state index is 11.1. The van der Waals surface area contributed by atoms with Crippen LogP contribution in [0, 0.1) is 0 Å². The molecule has 0 saturated carbocycles. The van der Waals surface area contributed by atoms with E-state index in [2.05, 4.69) is 21.3 Å². The van der Waals surface area contributed by atoms with Gasteiger partial charge >= 0.3 is 0 Å². The number of aromatic nitrogens is 1. The van der Waals surface area contributed by atoms with Crippen molar-refractivity contribution in [2.45, 2.75) is 13.0 Å². The molecule has 1 fully saturated rings. The minimum atomic E-state index is -0.00264. The van der Waals surface area contributed by atoms with Gasteiger partial charge in [0.1, 0.15) is 0 Å². The lowest BCUT2D eigenvalue weighted by Crippen LogP contribution is -2.43. The van der Waals surface area contributed by atoms with Gasteiger partial charge in [0.2, 0.25) is 5.91 Å². The van der Waals surface area contributed by atoms with Crippen molar-refractivity contribution in [3.05, 3.63) is 30.1 Å². The van der Waals surface area contributed by atoms with Crippen LogP contribution < -0.4 is 5.32 Å². The number of nitrogens with one attached hydrogen (secondary N) is 1. The predicted octanol–water partition coefficient (Wildman–Crippen LogP) is 0.591. The topological polar surface area (TPSA) is 54.5 Å². The third-order valence-corrected chi connectivity index (χ3v) is 3.10. The number of nitrogens with zero attached hydrogens (tertiary/aromatic N) is 2. The fraction of sp³-hybridized carbons (Fsp3) is 0.538. The highest BCUT2D eigenvalue weighted by Gasteiger charge is 2.22. The molecule has 5 nitrogen and oxygen atoms in total. The zero-order valence-corrected chi connectivity index (χ0v) is 10.6. The highest BCUT2D eigenvalue weighted by Crippen LogP contribution is 2.20. The van der Waals surface area contributed by atoms with E-state index >= 15 is 0 Å². The molecule has 1 atom stereocenters. The first-order valence-electron chi connectivity index (χ1n) is 6.23. The first kappa shape index (κ1) is 13.0. The van der Waals surface area contributed by atoms with Crippen LogP contribution in [0.3, 0.4) is 0 Å². The van der Waals surface area contributed by atoms with Gasteiger partial charge in [0.05, 0.1) is 19.3 Å². The quantitative estimate of drug-likeness (QED) is 0.848. The van der Waals surface area contributed by atoms with Crippen molar-refractivity contribution in [1.82, 2.24) is 15.2 Å². The highest BCUT2D eigenvalue weighted by atomic mass is 16.5. The average molecular weight is 249 g/mol. The Balaban J connectivity index is 2.08. The molecule has 1 aliphatic heterocycles. The molecular weight excluding hydrogens is 230 g/mol. The molecule has 1 amide bonds. The Kier molecular flexibility index (Phi) is 4.66. The molecule has 1 N–H and O–H groups in total. The lowest BCUT2D eigenvalue weighted by atomic mass is 10.1. The smallest absolute Gasteiger partial charge is 0.216 e. The molecule has 0 aromatic carbocycles. The molecule has 1 aliphatic rings. The molecular formula is C13H19N3O2. The van der Waals surface area contributed by atoms with Gasteiger partial charge in [-0.1, -0.05) is 6.07 Å². The number of carbonyl (C=O) groups is 1. The molecule has 5 heteroatoms. The fourth-order valence-corrected chi connectivity index (χ4v) is 2.16. The lowest BCUT2D eigenvalue weighted by Gasteiger charge is -2.34. The zero-order chi connectivity index (χ0) is 12.8. The van der Waals surface area contributed by atoms with Crippen LogP contribution in [-0.4, -0.2) is 48.6 Å². The van der Waals surface area contributed by atoms with Crippen molar-refractivity contribution in [2.75, 3.05) is 32.8 Å². The Labute approximate surface area is 107 Å². The van der Waals surface area contributed by atoms with Crippen LogP contribution in [0.4, 0.5) is 0 Å². The lowest BCUT2D eigenvalue weighted by molar-refractivity contribution is -0.119. The van der Waals surface area contributed by atoms with Crippen LogP contribution in [0.1, 0.15) is 18.5 Å². The van der Waals surface area contributed by atoms with E-state index in [1.165, 1.54) is 0 Å². The second-order valence-electron chi connectivity index (χ2n) is 4.39. The van der Waals surface area contributed by atoms with E-state index in [9.17, 15) is 4.79 Å². The van der Waals surface area contributed by atoms with E-state index in [4.69, 9.17) is 4.74 Å². The van der Waals surface area contributed by atoms with E-state index < -0.39 is 0 Å². The van der Waals surface area contributed by atoms with E-state index in [1.807, 2.05) is 12.3 Å². The SMILES string of the molecule is CC(=O)NCC(c1cccnc1)N1CCOCC1. The summed E-state index contributed by atoms with van der Waals surface area (Å²) in [6, 6.07) is 4.15. The van der Waals surface area contributed by atoms with Gasteiger partial charge in [-0.05, 0) is 11.6 Å². The van der Waals surface area contributed by atoms with Gasteiger partial charge in [-0.2, -0.15) is 0 Å². The molecule has 1 unspecified atom stereocenters. The number of morpholine rings is 1. The number of carbonyl (C=O) groups excluding carboxylic acids is 1. The summed E-state index contributed by atoms with van der Waals surface area (Å²) in [5.74, 6) is -0.00264. The van der Waals surface area contributed by atoms with Crippen molar-refractivity contribution < 1.29 is 9.53 Å². The standard InChI is InChI=1S/C13H19N3O2/c1-11(17)15-10-13(12-3-2-4-14-9-12)16-5-7-18-8-6-16/h2-4,9,13H,5-8,10H2,1H3,(H,15,17). The number of amides is 1. The molecule has 98 valence electrons. The first-order chi connectivity index (χ1) is 8.77. The number of ether oxygens (including phenoxy) is 1. The Morgan fingerprint density at radius 3 is 2.94 bits per heavy atom. The van der Waals surface area contributed by atoms with Crippen LogP contribution in [-0.2, 0) is 9.53 Å². The number of pyridine rings is 1. The average Bonchev–Trinajstić information content (AvgIpc) is 2.41. The minimum Gasteiger partial charge on any atom is -0.379 e. The predicted molar refractivity (Wildman–Crippen MR) is 68.1 cm³/mol. The minimum absolute atomic E-state index is 0.00264. The summed E-state index contributed by atoms with van der Waals surface area (Å²) in [6.45, 7) is 5.42. The van der Waals surface area contributed by atoms with Crippen molar-refractivity contribution >= 4 is 5.91 Å². The van der Waals surface area contributed by atoms with Gasteiger partial charge in [0.25, 0.3) is 0 Å². The van der Waals surface area contributed by atoms with Crippen LogP contribution in [0.25, 0.3) is 0 Å². The second kappa shape index (κ2) is 6.47. The van der Waals surface area contributed by atoms with Crippen molar-refractivity contribution in [3.8, 4) is 0 Å². The van der Waals surface area contributed by atoms with E-state index in [0.29, 0.717) is 6.54 Å². The highest BCUT2D eigenvalue weighted by molar-refractivity contribution is 5.72. The third kappa shape index (κ3) is 3.51. The summed E-state index contributed by atoms with van der Waals surface area (Å²) in [6.07, 6.45) is 3.63. The summed E-state index contributed by atoms with van der Waals surface area (Å²) in [7, 11) is 0. The Hall–Kier alpha value is -1.46. The summed E-state index contributed by atoms with van der Waals surface area (Å²) in [5.41, 5.74) is 1.13. The zero-order valence-electron chi connectivity index (χ0n) is 10.6. The number of hydrogen-bond acceptors (Lipinski definition) is 4. The normalized spacial score (nSPS) is 18.3. The van der Waals surface area contributed by atoms with Gasteiger partial charge in [-0.25, -0.2) is 0 Å². The van der Waals surface area contributed by atoms with Crippen LogP contribution >= 0.6 is 0 Å². The summed E-state index contributed by atoms with van der Waals surface area (Å²) < 4.78 is 5.37. The second-order valence-corrected chi connectivity index (χ2v) is 4.39. The maximum absolute atomic E-state index is 11.1. The van der Waals surface area contributed by atoms with Crippen LogP contribution in [0.15, 0.2) is 24.5 Å². The molecule has 0 aliphatic carbocycles. The summed E-state index contributed by atoms with van der Waals surface area (Å²) in [5, 5.41) is 2.89. The molecule has 2 heterocycles. The number of rotatable bonds is 4. The Morgan fingerprint density at radius 1 is 1.56 bits per heavy atom. The van der Waals surface area contributed by atoms with Crippen molar-refractivity contribution in [1.29, 1.82) is 0 Å². The van der Waals surface area contributed by atoms with E-state index in [1.54, 1.807) is 13.1 Å². The summed E-state index contributed by atoms with van der Waals surface area (Å²) in [4.78, 5) is 17.6. The van der Waals surface area contributed by atoms with Gasteiger partial charge < -0.3 is 10.1 Å². The largest absolute Gasteiger partial charge is 0.379 e. The molecule has 0 spiro atoms. The van der Waals surface area contributed by atoms with Crippen LogP contribution in [0.2, 0.25) is 0 Å². The van der Waals surface area contributed by atoms with E-state index in [-0.39, 0.29) is 11.9 Å². The number of hydrogen-bond donors (Lipinski definition) is 1. The first-order valence-corrected chi connectivity index (χ1v) is 6.23. The molecule has 18 heavy (non-hydrogen) atoms. The van der Waals surface area contributed by atoms with Crippen LogP contribution in [0.5, 0.6) is 0 Å². The van der Waals surface area contributed by atoms with E-state index in [0.717, 1.165) is 31.9 Å². The fourth-order valence-electron chi connectivity index (χ4n) is 2.16. The maximum Gasteiger partial charge on any atom is 0.216 e. The van der Waals surface area contributed by atoms with Gasteiger partial charge in [-0.15, -0.1) is 0 Å². The monoisotopic (exact) mass is 249 g/mol. The van der Waals surface area contributed by atoms with Gasteiger partial charge in [0.15, 0.2) is 0 Å². The Morgan fingerprint density at radius 2 is 2.33 bits per heavy atom. The molecule has 1 aromatic heterocycles.